The Balaban J connectivity index is 1.73. The number of carbonyl (C=O) groups excluding carboxylic acids is 1. The van der Waals surface area contributed by atoms with E-state index < -0.39 is 18.1 Å². The summed E-state index contributed by atoms with van der Waals surface area (Å²) >= 11 is 0. The molecule has 4 nitrogen and oxygen atoms in total. The summed E-state index contributed by atoms with van der Waals surface area (Å²) in [5.41, 5.74) is 1.07. The number of methoxy groups -OCH3 is 1. The molecule has 1 aliphatic heterocycles. The van der Waals surface area contributed by atoms with Crippen LogP contribution in [0.2, 0.25) is 0 Å². The number of benzene rings is 1. The Morgan fingerprint density at radius 2 is 2.04 bits per heavy atom. The molecular weight excluding hydrogens is 311 g/mol. The fraction of sp³-hybridized carbons (Fsp3) is 0.562. The average Bonchev–Trinajstić information content (AvgIpc) is 2.39. The van der Waals surface area contributed by atoms with Crippen LogP contribution in [0.4, 0.5) is 13.2 Å². The Bertz CT molecular complexity index is 603. The summed E-state index contributed by atoms with van der Waals surface area (Å²) < 4.78 is 45.7. The first-order valence-corrected chi connectivity index (χ1v) is 7.48. The summed E-state index contributed by atoms with van der Waals surface area (Å²) in [5, 5.41) is 3.26. The molecular formula is C16H18F3NO3. The summed E-state index contributed by atoms with van der Waals surface area (Å²) in [6, 6.07) is 4.21. The molecule has 0 atom stereocenters. The minimum Gasteiger partial charge on any atom is -0.465 e. The van der Waals surface area contributed by atoms with Gasteiger partial charge in [-0.1, -0.05) is 6.07 Å². The van der Waals surface area contributed by atoms with Crippen LogP contribution in [-0.2, 0) is 11.2 Å². The maximum Gasteiger partial charge on any atom is 0.573 e. The van der Waals surface area contributed by atoms with Crippen molar-refractivity contribution in [1.29, 1.82) is 0 Å². The van der Waals surface area contributed by atoms with Crippen molar-refractivity contribution in [2.45, 2.75) is 25.6 Å². The van der Waals surface area contributed by atoms with Crippen LogP contribution < -0.4 is 10.1 Å². The monoisotopic (exact) mass is 329 g/mol. The lowest BCUT2D eigenvalue weighted by atomic mass is 9.57. The second-order valence-corrected chi connectivity index (χ2v) is 6.45. The third-order valence-corrected chi connectivity index (χ3v) is 4.64. The van der Waals surface area contributed by atoms with E-state index in [-0.39, 0.29) is 5.56 Å². The largest absolute Gasteiger partial charge is 0.573 e. The fourth-order valence-electron chi connectivity index (χ4n) is 3.60. The number of esters is 1. The second-order valence-electron chi connectivity index (χ2n) is 6.45. The third kappa shape index (κ3) is 3.44. The van der Waals surface area contributed by atoms with Crippen LogP contribution in [0.1, 0.15) is 28.8 Å². The van der Waals surface area contributed by atoms with E-state index in [2.05, 4.69) is 14.8 Å². The van der Waals surface area contributed by atoms with E-state index in [9.17, 15) is 18.0 Å². The number of rotatable bonds is 4. The van der Waals surface area contributed by atoms with Gasteiger partial charge in [0.15, 0.2) is 0 Å². The lowest BCUT2D eigenvalue weighted by Gasteiger charge is -2.54. The topological polar surface area (TPSA) is 47.6 Å². The van der Waals surface area contributed by atoms with E-state index in [4.69, 9.17) is 0 Å². The first-order chi connectivity index (χ1) is 10.8. The zero-order valence-electron chi connectivity index (χ0n) is 12.7. The molecule has 23 heavy (non-hydrogen) atoms. The van der Waals surface area contributed by atoms with Crippen LogP contribution in [0.15, 0.2) is 18.2 Å². The highest BCUT2D eigenvalue weighted by Gasteiger charge is 2.47. The van der Waals surface area contributed by atoms with Gasteiger partial charge in [-0.3, -0.25) is 0 Å². The Kier molecular flexibility index (Phi) is 4.00. The molecule has 0 aromatic heterocycles. The molecule has 0 bridgehead atoms. The Hall–Kier alpha value is -1.76. The number of hydrogen-bond donors (Lipinski definition) is 1. The summed E-state index contributed by atoms with van der Waals surface area (Å²) in [6.45, 7) is 2.10. The molecule has 126 valence electrons. The summed E-state index contributed by atoms with van der Waals surface area (Å²) in [7, 11) is 1.13. The molecule has 1 saturated heterocycles. The van der Waals surface area contributed by atoms with E-state index in [0.717, 1.165) is 45.0 Å². The van der Waals surface area contributed by atoms with Crippen LogP contribution in [0.25, 0.3) is 0 Å². The van der Waals surface area contributed by atoms with Crippen molar-refractivity contribution in [3.8, 4) is 5.75 Å². The van der Waals surface area contributed by atoms with Gasteiger partial charge in [-0.15, -0.1) is 13.2 Å². The van der Waals surface area contributed by atoms with Crippen molar-refractivity contribution in [2.24, 2.45) is 11.3 Å². The smallest absolute Gasteiger partial charge is 0.465 e. The summed E-state index contributed by atoms with van der Waals surface area (Å²) in [6.07, 6.45) is -1.86. The van der Waals surface area contributed by atoms with Crippen LogP contribution in [0.5, 0.6) is 5.75 Å². The van der Waals surface area contributed by atoms with E-state index >= 15 is 0 Å². The van der Waals surface area contributed by atoms with Crippen LogP contribution in [0, 0.1) is 11.3 Å². The van der Waals surface area contributed by atoms with Crippen molar-refractivity contribution in [3.05, 3.63) is 29.3 Å². The highest BCUT2D eigenvalue weighted by molar-refractivity contribution is 5.92. The van der Waals surface area contributed by atoms with Crippen molar-refractivity contribution in [2.75, 3.05) is 20.2 Å². The number of hydrogen-bond acceptors (Lipinski definition) is 4. The molecule has 1 aromatic carbocycles. The van der Waals surface area contributed by atoms with Crippen LogP contribution in [0.3, 0.4) is 0 Å². The Morgan fingerprint density at radius 1 is 1.35 bits per heavy atom. The first kappa shape index (κ1) is 16.1. The predicted molar refractivity (Wildman–Crippen MR) is 76.2 cm³/mol. The highest BCUT2D eigenvalue weighted by atomic mass is 19.4. The van der Waals surface area contributed by atoms with Gasteiger partial charge >= 0.3 is 12.3 Å². The second kappa shape index (κ2) is 5.70. The predicted octanol–water partition coefficient (Wildman–Crippen LogP) is 2.91. The van der Waals surface area contributed by atoms with E-state index in [1.54, 1.807) is 6.07 Å². The van der Waals surface area contributed by atoms with Crippen molar-refractivity contribution >= 4 is 5.97 Å². The molecule has 1 saturated carbocycles. The molecule has 0 amide bonds. The van der Waals surface area contributed by atoms with Gasteiger partial charge in [-0.05, 0) is 48.3 Å². The first-order valence-electron chi connectivity index (χ1n) is 7.48. The minimum absolute atomic E-state index is 0.193. The SMILES string of the molecule is COC(=O)c1cc(CC2CC3(CNC3)C2)ccc1OC(F)(F)F. The number of carbonyl (C=O) groups is 1. The van der Waals surface area contributed by atoms with Gasteiger partial charge in [-0.25, -0.2) is 4.79 Å². The maximum absolute atomic E-state index is 12.4. The zero-order chi connectivity index (χ0) is 16.7. The maximum atomic E-state index is 12.4. The van der Waals surface area contributed by atoms with Gasteiger partial charge < -0.3 is 14.8 Å². The van der Waals surface area contributed by atoms with Crippen molar-refractivity contribution < 1.29 is 27.4 Å². The molecule has 0 radical (unpaired) electrons. The molecule has 2 aliphatic rings. The van der Waals surface area contributed by atoms with Gasteiger partial charge in [0, 0.05) is 13.1 Å². The molecule has 0 unspecified atom stereocenters. The molecule has 1 aromatic rings. The number of alkyl halides is 3. The molecule has 1 heterocycles. The molecule has 7 heteroatoms. The minimum atomic E-state index is -4.85. The average molecular weight is 329 g/mol. The van der Waals surface area contributed by atoms with Crippen molar-refractivity contribution in [3.63, 3.8) is 0 Å². The fourth-order valence-corrected chi connectivity index (χ4v) is 3.60. The standard InChI is InChI=1S/C16H18F3NO3/c1-22-14(21)12-5-10(2-3-13(12)23-16(17,18)19)4-11-6-15(7-11)8-20-9-15/h2-3,5,11,20H,4,6-9H2,1H3. The van der Waals surface area contributed by atoms with Gasteiger partial charge in [0.25, 0.3) is 0 Å². The Labute approximate surface area is 132 Å². The molecule has 1 aliphatic carbocycles. The number of halogens is 3. The van der Waals surface area contributed by atoms with Gasteiger partial charge in [0.05, 0.1) is 7.11 Å². The van der Waals surface area contributed by atoms with E-state index in [1.165, 1.54) is 12.1 Å². The Morgan fingerprint density at radius 3 is 2.57 bits per heavy atom. The zero-order valence-corrected chi connectivity index (χ0v) is 12.7. The number of ether oxygens (including phenoxy) is 2. The van der Waals surface area contributed by atoms with Crippen molar-refractivity contribution in [1.82, 2.24) is 5.32 Å². The highest BCUT2D eigenvalue weighted by Crippen LogP contribution is 2.49. The summed E-state index contributed by atoms with van der Waals surface area (Å²) in [5.74, 6) is -0.849. The normalized spacial score (nSPS) is 19.8. The van der Waals surface area contributed by atoms with Gasteiger partial charge in [0.2, 0.25) is 0 Å². The van der Waals surface area contributed by atoms with Crippen LogP contribution >= 0.6 is 0 Å². The van der Waals surface area contributed by atoms with Crippen LogP contribution in [-0.4, -0.2) is 32.5 Å². The quantitative estimate of drug-likeness (QED) is 0.863. The van der Waals surface area contributed by atoms with E-state index in [0.29, 0.717) is 11.3 Å². The lowest BCUT2D eigenvalue weighted by molar-refractivity contribution is -0.274. The third-order valence-electron chi connectivity index (χ3n) is 4.64. The number of nitrogens with one attached hydrogen (secondary N) is 1. The molecule has 3 rings (SSSR count). The van der Waals surface area contributed by atoms with Gasteiger partial charge in [0.1, 0.15) is 11.3 Å². The molecule has 2 fully saturated rings. The molecule has 1 spiro atoms. The summed E-state index contributed by atoms with van der Waals surface area (Å²) in [4.78, 5) is 11.7. The lowest BCUT2D eigenvalue weighted by Crippen LogP contribution is -2.60. The van der Waals surface area contributed by atoms with Gasteiger partial charge in [-0.2, -0.15) is 0 Å². The van der Waals surface area contributed by atoms with E-state index in [1.807, 2.05) is 0 Å². The molecule has 1 N–H and O–H groups in total.